The van der Waals surface area contributed by atoms with Gasteiger partial charge in [-0.3, -0.25) is 9.59 Å². The predicted octanol–water partition coefficient (Wildman–Crippen LogP) is 1.59. The number of hydrogen-bond donors (Lipinski definition) is 2. The molecule has 2 N–H and O–H groups in total. The molecule has 0 saturated heterocycles. The van der Waals surface area contributed by atoms with Crippen molar-refractivity contribution in [1.82, 2.24) is 10.6 Å². The SMILES string of the molecule is CC(C)NC(=O)CNC(=O)c1ccccc1Cl. The molecule has 0 atom stereocenters. The molecular formula is C12H15ClN2O2. The molecule has 0 unspecified atom stereocenters. The fourth-order valence-electron chi connectivity index (χ4n) is 1.27. The summed E-state index contributed by atoms with van der Waals surface area (Å²) in [5.74, 6) is -0.574. The van der Waals surface area contributed by atoms with E-state index in [1.165, 1.54) is 0 Å². The van der Waals surface area contributed by atoms with E-state index in [9.17, 15) is 9.59 Å². The number of carbonyl (C=O) groups is 2. The summed E-state index contributed by atoms with van der Waals surface area (Å²) in [7, 11) is 0. The highest BCUT2D eigenvalue weighted by Crippen LogP contribution is 2.14. The van der Waals surface area contributed by atoms with Crippen LogP contribution in [0, 0.1) is 0 Å². The third-order valence-corrected chi connectivity index (χ3v) is 2.31. The van der Waals surface area contributed by atoms with Crippen LogP contribution in [0.5, 0.6) is 0 Å². The molecule has 1 rings (SSSR count). The number of amides is 2. The monoisotopic (exact) mass is 254 g/mol. The molecule has 0 heterocycles. The van der Waals surface area contributed by atoms with Gasteiger partial charge in [-0.1, -0.05) is 23.7 Å². The maximum Gasteiger partial charge on any atom is 0.253 e. The lowest BCUT2D eigenvalue weighted by Gasteiger charge is -2.09. The first-order valence-electron chi connectivity index (χ1n) is 5.33. The minimum Gasteiger partial charge on any atom is -0.352 e. The summed E-state index contributed by atoms with van der Waals surface area (Å²) in [6.45, 7) is 3.66. The van der Waals surface area contributed by atoms with Crippen LogP contribution in [0.15, 0.2) is 24.3 Å². The summed E-state index contributed by atoms with van der Waals surface area (Å²) in [6.07, 6.45) is 0. The number of halogens is 1. The quantitative estimate of drug-likeness (QED) is 0.857. The van der Waals surface area contributed by atoms with Gasteiger partial charge in [-0.15, -0.1) is 0 Å². The highest BCUT2D eigenvalue weighted by atomic mass is 35.5. The summed E-state index contributed by atoms with van der Waals surface area (Å²) < 4.78 is 0. The Morgan fingerprint density at radius 3 is 2.53 bits per heavy atom. The second-order valence-corrected chi connectivity index (χ2v) is 4.29. The molecule has 5 heteroatoms. The number of benzene rings is 1. The van der Waals surface area contributed by atoms with Gasteiger partial charge >= 0.3 is 0 Å². The van der Waals surface area contributed by atoms with Crippen LogP contribution in [-0.4, -0.2) is 24.4 Å². The van der Waals surface area contributed by atoms with Gasteiger partial charge in [0.1, 0.15) is 0 Å². The predicted molar refractivity (Wildman–Crippen MR) is 67.1 cm³/mol. The van der Waals surface area contributed by atoms with Crippen molar-refractivity contribution in [3.8, 4) is 0 Å². The smallest absolute Gasteiger partial charge is 0.253 e. The van der Waals surface area contributed by atoms with E-state index in [2.05, 4.69) is 10.6 Å². The molecule has 0 aliphatic carbocycles. The lowest BCUT2D eigenvalue weighted by molar-refractivity contribution is -0.120. The topological polar surface area (TPSA) is 58.2 Å². The third kappa shape index (κ3) is 4.44. The van der Waals surface area contributed by atoms with Crippen molar-refractivity contribution in [3.63, 3.8) is 0 Å². The Kier molecular flexibility index (Phi) is 4.97. The van der Waals surface area contributed by atoms with Gasteiger partial charge in [0.2, 0.25) is 5.91 Å². The number of hydrogen-bond acceptors (Lipinski definition) is 2. The summed E-state index contributed by atoms with van der Waals surface area (Å²) in [5, 5.41) is 5.56. The van der Waals surface area contributed by atoms with Crippen molar-refractivity contribution in [2.24, 2.45) is 0 Å². The highest BCUT2D eigenvalue weighted by molar-refractivity contribution is 6.33. The zero-order valence-corrected chi connectivity index (χ0v) is 10.5. The van der Waals surface area contributed by atoms with Gasteiger partial charge < -0.3 is 10.6 Å². The number of carbonyl (C=O) groups excluding carboxylic acids is 2. The molecule has 4 nitrogen and oxygen atoms in total. The molecule has 0 aliphatic heterocycles. The second-order valence-electron chi connectivity index (χ2n) is 3.88. The first-order valence-corrected chi connectivity index (χ1v) is 5.70. The maximum absolute atomic E-state index is 11.7. The van der Waals surface area contributed by atoms with Crippen molar-refractivity contribution in [2.45, 2.75) is 19.9 Å². The van der Waals surface area contributed by atoms with Crippen LogP contribution in [0.3, 0.4) is 0 Å². The van der Waals surface area contributed by atoms with Crippen LogP contribution in [0.2, 0.25) is 5.02 Å². The van der Waals surface area contributed by atoms with Gasteiger partial charge in [-0.2, -0.15) is 0 Å². The Bertz CT molecular complexity index is 419. The molecule has 2 amide bonds. The van der Waals surface area contributed by atoms with Crippen molar-refractivity contribution >= 4 is 23.4 Å². The van der Waals surface area contributed by atoms with Crippen molar-refractivity contribution in [2.75, 3.05) is 6.54 Å². The molecule has 0 radical (unpaired) electrons. The molecule has 0 bridgehead atoms. The Morgan fingerprint density at radius 2 is 1.94 bits per heavy atom. The van der Waals surface area contributed by atoms with Crippen LogP contribution < -0.4 is 10.6 Å². The minimum atomic E-state index is -0.352. The van der Waals surface area contributed by atoms with Crippen molar-refractivity contribution in [3.05, 3.63) is 34.9 Å². The fourth-order valence-corrected chi connectivity index (χ4v) is 1.50. The Balaban J connectivity index is 2.51. The normalized spacial score (nSPS) is 10.1. The number of nitrogens with one attached hydrogen (secondary N) is 2. The van der Waals surface area contributed by atoms with Gasteiger partial charge in [0.15, 0.2) is 0 Å². The van der Waals surface area contributed by atoms with Gasteiger partial charge in [0.25, 0.3) is 5.91 Å². The molecule has 92 valence electrons. The fraction of sp³-hybridized carbons (Fsp3) is 0.333. The van der Waals surface area contributed by atoms with Crippen LogP contribution >= 0.6 is 11.6 Å². The summed E-state index contributed by atoms with van der Waals surface area (Å²) in [5.41, 5.74) is 0.367. The average molecular weight is 255 g/mol. The van der Waals surface area contributed by atoms with Gasteiger partial charge in [0, 0.05) is 6.04 Å². The van der Waals surface area contributed by atoms with Crippen molar-refractivity contribution < 1.29 is 9.59 Å². The third-order valence-electron chi connectivity index (χ3n) is 1.98. The lowest BCUT2D eigenvalue weighted by atomic mass is 10.2. The summed E-state index contributed by atoms with van der Waals surface area (Å²) in [6, 6.07) is 6.75. The van der Waals surface area contributed by atoms with Gasteiger partial charge in [0.05, 0.1) is 17.1 Å². The van der Waals surface area contributed by atoms with E-state index in [0.717, 1.165) is 0 Å². The van der Waals surface area contributed by atoms with E-state index in [-0.39, 0.29) is 24.4 Å². The minimum absolute atomic E-state index is 0.0533. The molecule has 0 aliphatic rings. The van der Waals surface area contributed by atoms with Crippen LogP contribution in [0.4, 0.5) is 0 Å². The molecule has 0 saturated carbocycles. The van der Waals surface area contributed by atoms with E-state index >= 15 is 0 Å². The Labute approximate surface area is 105 Å². The zero-order chi connectivity index (χ0) is 12.8. The molecule has 1 aromatic carbocycles. The Hall–Kier alpha value is -1.55. The molecule has 0 spiro atoms. The van der Waals surface area contributed by atoms with E-state index in [1.54, 1.807) is 24.3 Å². The standard InChI is InChI=1S/C12H15ClN2O2/c1-8(2)15-11(16)7-14-12(17)9-5-3-4-6-10(9)13/h3-6,8H,7H2,1-2H3,(H,14,17)(H,15,16). The lowest BCUT2D eigenvalue weighted by Crippen LogP contribution is -2.39. The van der Waals surface area contributed by atoms with Gasteiger partial charge in [-0.05, 0) is 26.0 Å². The zero-order valence-electron chi connectivity index (χ0n) is 9.79. The van der Waals surface area contributed by atoms with E-state index < -0.39 is 0 Å². The van der Waals surface area contributed by atoms with E-state index in [4.69, 9.17) is 11.6 Å². The van der Waals surface area contributed by atoms with Crippen LogP contribution in [0.1, 0.15) is 24.2 Å². The molecule has 0 fully saturated rings. The largest absolute Gasteiger partial charge is 0.352 e. The highest BCUT2D eigenvalue weighted by Gasteiger charge is 2.10. The first kappa shape index (κ1) is 13.5. The first-order chi connectivity index (χ1) is 8.00. The number of rotatable bonds is 4. The second kappa shape index (κ2) is 6.25. The molecule has 1 aromatic rings. The summed E-state index contributed by atoms with van der Waals surface area (Å²) >= 11 is 5.86. The molecule has 0 aromatic heterocycles. The van der Waals surface area contributed by atoms with Crippen molar-refractivity contribution in [1.29, 1.82) is 0 Å². The molecule has 17 heavy (non-hydrogen) atoms. The Morgan fingerprint density at radius 1 is 1.29 bits per heavy atom. The molecular weight excluding hydrogens is 240 g/mol. The summed E-state index contributed by atoms with van der Waals surface area (Å²) in [4.78, 5) is 23.0. The van der Waals surface area contributed by atoms with E-state index in [0.29, 0.717) is 10.6 Å². The average Bonchev–Trinajstić information content (AvgIpc) is 2.25. The van der Waals surface area contributed by atoms with Crippen LogP contribution in [0.25, 0.3) is 0 Å². The van der Waals surface area contributed by atoms with Gasteiger partial charge in [-0.25, -0.2) is 0 Å². The maximum atomic E-state index is 11.7. The van der Waals surface area contributed by atoms with Crippen LogP contribution in [-0.2, 0) is 4.79 Å². The van der Waals surface area contributed by atoms with E-state index in [1.807, 2.05) is 13.8 Å².